The molecule has 13 heteroatoms. The fraction of sp³-hybridized carbons (Fsp3) is 1.00. The lowest BCUT2D eigenvalue weighted by molar-refractivity contribution is -0.425. The van der Waals surface area contributed by atoms with Crippen LogP contribution in [0.25, 0.3) is 0 Å². The van der Waals surface area contributed by atoms with Gasteiger partial charge < -0.3 is 9.47 Å². The molecule has 0 aromatic heterocycles. The second kappa shape index (κ2) is 6.76. The molecule has 0 spiro atoms. The van der Waals surface area contributed by atoms with Crippen LogP contribution in [0, 0.1) is 0 Å². The summed E-state index contributed by atoms with van der Waals surface area (Å²) in [5, 5.41) is 0. The van der Waals surface area contributed by atoms with Crippen LogP contribution in [0.1, 0.15) is 0 Å². The van der Waals surface area contributed by atoms with Crippen molar-refractivity contribution in [2.75, 3.05) is 13.2 Å². The van der Waals surface area contributed by atoms with Crippen molar-refractivity contribution in [1.29, 1.82) is 0 Å². The molecule has 3 nitrogen and oxygen atoms in total. The van der Waals surface area contributed by atoms with Gasteiger partial charge >= 0.3 is 31.4 Å². The van der Waals surface area contributed by atoms with Gasteiger partial charge in [-0.05, 0) is 0 Å². The second-order valence-corrected chi connectivity index (χ2v) is 3.10. The molecule has 0 aromatic rings. The predicted molar refractivity (Wildman–Crippen MR) is 39.8 cm³/mol. The van der Waals surface area contributed by atoms with Crippen molar-refractivity contribution >= 4 is 0 Å². The first-order valence-corrected chi connectivity index (χ1v) is 4.43. The summed E-state index contributed by atoms with van der Waals surface area (Å²) in [5.74, 6) is 0. The SMILES string of the molecule is FC(F)OCC(F)(F)OCC(F)(F)OC(F)(F)C(F)F. The predicted octanol–water partition coefficient (Wildman–Crippen LogP) is 3.30. The van der Waals surface area contributed by atoms with Gasteiger partial charge in [-0.2, -0.15) is 35.1 Å². The van der Waals surface area contributed by atoms with Crippen LogP contribution in [0.3, 0.4) is 0 Å². The lowest BCUT2D eigenvalue weighted by atomic mass is 10.6. The van der Waals surface area contributed by atoms with Crippen molar-refractivity contribution < 1.29 is 58.1 Å². The molecule has 0 rings (SSSR count). The van der Waals surface area contributed by atoms with Crippen LogP contribution in [0.5, 0.6) is 0 Å². The molecule has 0 unspecified atom stereocenters. The number of hydrogen-bond donors (Lipinski definition) is 0. The summed E-state index contributed by atoms with van der Waals surface area (Å²) in [6, 6.07) is 0. The van der Waals surface area contributed by atoms with Gasteiger partial charge in [-0.1, -0.05) is 0 Å². The van der Waals surface area contributed by atoms with Crippen molar-refractivity contribution in [2.45, 2.75) is 31.4 Å². The van der Waals surface area contributed by atoms with Crippen LogP contribution < -0.4 is 0 Å². The third kappa shape index (κ3) is 7.69. The third-order valence-corrected chi connectivity index (χ3v) is 1.37. The Balaban J connectivity index is 4.40. The molecule has 0 aliphatic heterocycles. The number of rotatable bonds is 9. The standard InChI is InChI=1S/C7H6F10O3/c8-3(9)7(16,17)20-6(14,15)2-19-5(12,13)1-18-4(10)11/h3-4H,1-2H2. The topological polar surface area (TPSA) is 27.7 Å². The second-order valence-electron chi connectivity index (χ2n) is 3.10. The highest BCUT2D eigenvalue weighted by atomic mass is 19.3. The smallest absolute Gasteiger partial charge is 0.314 e. The van der Waals surface area contributed by atoms with E-state index in [2.05, 4.69) is 14.2 Å². The van der Waals surface area contributed by atoms with Gasteiger partial charge in [-0.25, -0.2) is 13.5 Å². The van der Waals surface area contributed by atoms with E-state index in [1.807, 2.05) is 0 Å². The summed E-state index contributed by atoms with van der Waals surface area (Å²) in [4.78, 5) is 0. The zero-order valence-corrected chi connectivity index (χ0v) is 9.07. The molecule has 0 saturated heterocycles. The van der Waals surface area contributed by atoms with Crippen molar-refractivity contribution in [1.82, 2.24) is 0 Å². The van der Waals surface area contributed by atoms with Crippen LogP contribution >= 0.6 is 0 Å². The number of halogens is 10. The van der Waals surface area contributed by atoms with E-state index < -0.39 is 44.6 Å². The van der Waals surface area contributed by atoms with Gasteiger partial charge in [0.2, 0.25) is 0 Å². The molecule has 0 saturated carbocycles. The van der Waals surface area contributed by atoms with Crippen molar-refractivity contribution in [3.63, 3.8) is 0 Å². The van der Waals surface area contributed by atoms with Crippen LogP contribution in [0.2, 0.25) is 0 Å². The number of alkyl halides is 10. The van der Waals surface area contributed by atoms with E-state index in [1.54, 1.807) is 0 Å². The number of hydrogen-bond acceptors (Lipinski definition) is 3. The summed E-state index contributed by atoms with van der Waals surface area (Å²) in [7, 11) is 0. The maximum atomic E-state index is 12.5. The first-order valence-electron chi connectivity index (χ1n) is 4.43. The maximum absolute atomic E-state index is 12.5. The summed E-state index contributed by atoms with van der Waals surface area (Å²) < 4.78 is 128. The summed E-state index contributed by atoms with van der Waals surface area (Å²) in [5.41, 5.74) is 0. The lowest BCUT2D eigenvalue weighted by Gasteiger charge is -2.24. The molecule has 0 atom stereocenters. The summed E-state index contributed by atoms with van der Waals surface area (Å²) >= 11 is 0. The Labute approximate surface area is 104 Å². The van der Waals surface area contributed by atoms with E-state index in [-0.39, 0.29) is 0 Å². The maximum Gasteiger partial charge on any atom is 0.421 e. The minimum Gasteiger partial charge on any atom is -0.314 e. The summed E-state index contributed by atoms with van der Waals surface area (Å²) in [6.45, 7) is -8.41. The van der Waals surface area contributed by atoms with Crippen LogP contribution in [-0.4, -0.2) is 44.6 Å². The Hall–Kier alpha value is -0.820. The van der Waals surface area contributed by atoms with Gasteiger partial charge in [0.05, 0.1) is 0 Å². The third-order valence-electron chi connectivity index (χ3n) is 1.37. The fourth-order valence-electron chi connectivity index (χ4n) is 0.664. The molecule has 122 valence electrons. The van der Waals surface area contributed by atoms with E-state index in [4.69, 9.17) is 0 Å². The average molecular weight is 328 g/mol. The van der Waals surface area contributed by atoms with Gasteiger partial charge in [0.1, 0.15) is 13.2 Å². The molecule has 0 heterocycles. The molecular formula is C7H6F10O3. The molecule has 0 radical (unpaired) electrons. The van der Waals surface area contributed by atoms with E-state index in [0.717, 1.165) is 0 Å². The Bertz CT molecular complexity index is 295. The summed E-state index contributed by atoms with van der Waals surface area (Å²) in [6.07, 6.45) is -20.2. The molecule has 20 heavy (non-hydrogen) atoms. The molecule has 0 amide bonds. The zero-order chi connectivity index (χ0) is 16.2. The minimum atomic E-state index is -5.61. The van der Waals surface area contributed by atoms with Crippen molar-refractivity contribution in [3.8, 4) is 0 Å². The molecule has 0 bridgehead atoms. The highest BCUT2D eigenvalue weighted by Gasteiger charge is 2.52. The van der Waals surface area contributed by atoms with Crippen LogP contribution in [-0.2, 0) is 14.2 Å². The first-order chi connectivity index (χ1) is 8.77. The van der Waals surface area contributed by atoms with E-state index in [1.165, 1.54) is 0 Å². The molecule has 0 fully saturated rings. The van der Waals surface area contributed by atoms with E-state index in [0.29, 0.717) is 0 Å². The quantitative estimate of drug-likeness (QED) is 0.608. The lowest BCUT2D eigenvalue weighted by Crippen LogP contribution is -2.43. The average Bonchev–Trinajstić information content (AvgIpc) is 2.23. The van der Waals surface area contributed by atoms with Gasteiger partial charge in [-0.3, -0.25) is 0 Å². The van der Waals surface area contributed by atoms with Gasteiger partial charge in [0, 0.05) is 0 Å². The van der Waals surface area contributed by atoms with E-state index in [9.17, 15) is 43.9 Å². The fourth-order valence-corrected chi connectivity index (χ4v) is 0.664. The molecule has 0 aromatic carbocycles. The highest BCUT2D eigenvalue weighted by Crippen LogP contribution is 2.33. The highest BCUT2D eigenvalue weighted by molar-refractivity contribution is 4.63. The van der Waals surface area contributed by atoms with Gasteiger partial charge in [0.15, 0.2) is 0 Å². The Kier molecular flexibility index (Phi) is 6.48. The molecule has 0 N–H and O–H groups in total. The monoisotopic (exact) mass is 328 g/mol. The minimum absolute atomic E-state index is 2.16. The largest absolute Gasteiger partial charge is 0.421 e. The van der Waals surface area contributed by atoms with Crippen LogP contribution in [0.4, 0.5) is 43.9 Å². The molecule has 0 aliphatic rings. The van der Waals surface area contributed by atoms with Gasteiger partial charge in [-0.15, -0.1) is 0 Å². The Morgan fingerprint density at radius 1 is 0.750 bits per heavy atom. The number of ether oxygens (including phenoxy) is 3. The Morgan fingerprint density at radius 3 is 1.65 bits per heavy atom. The van der Waals surface area contributed by atoms with Crippen molar-refractivity contribution in [2.24, 2.45) is 0 Å². The molecular weight excluding hydrogens is 322 g/mol. The van der Waals surface area contributed by atoms with Crippen LogP contribution in [0.15, 0.2) is 0 Å². The van der Waals surface area contributed by atoms with E-state index >= 15 is 0 Å². The van der Waals surface area contributed by atoms with Crippen molar-refractivity contribution in [3.05, 3.63) is 0 Å². The Morgan fingerprint density at radius 2 is 1.25 bits per heavy atom. The molecule has 0 aliphatic carbocycles. The van der Waals surface area contributed by atoms with Gasteiger partial charge in [0.25, 0.3) is 0 Å². The zero-order valence-electron chi connectivity index (χ0n) is 9.07. The first kappa shape index (κ1) is 19.2. The normalized spacial score (nSPS) is 14.4.